The van der Waals surface area contributed by atoms with Crippen LogP contribution < -0.4 is 5.73 Å². The van der Waals surface area contributed by atoms with Gasteiger partial charge in [-0.2, -0.15) is 0 Å². The number of carbonyl (C=O) groups excluding carboxylic acids is 1. The van der Waals surface area contributed by atoms with E-state index in [0.717, 1.165) is 25.7 Å². The Kier molecular flexibility index (Phi) is 4.00. The van der Waals surface area contributed by atoms with Gasteiger partial charge in [0.2, 0.25) is 5.91 Å². The maximum atomic E-state index is 12.7. The molecule has 2 heterocycles. The molecule has 1 amide bonds. The lowest BCUT2D eigenvalue weighted by molar-refractivity contribution is -0.149. The highest BCUT2D eigenvalue weighted by atomic mass is 16.4. The number of carboxylic acids is 1. The van der Waals surface area contributed by atoms with E-state index < -0.39 is 12.0 Å². The van der Waals surface area contributed by atoms with Crippen molar-refractivity contribution in [1.29, 1.82) is 0 Å². The second kappa shape index (κ2) is 5.94. The molecular weight excluding hydrogens is 282 g/mol. The van der Waals surface area contributed by atoms with E-state index in [9.17, 15) is 14.7 Å². The van der Waals surface area contributed by atoms with E-state index in [2.05, 4.69) is 4.98 Å². The second-order valence-corrected chi connectivity index (χ2v) is 6.26. The number of carboxylic acid groups (broad SMARTS) is 1. The zero-order valence-electron chi connectivity index (χ0n) is 12.4. The number of amides is 1. The smallest absolute Gasteiger partial charge is 0.326 e. The van der Waals surface area contributed by atoms with Gasteiger partial charge in [-0.15, -0.1) is 0 Å². The first kappa shape index (κ1) is 14.8. The first-order valence-electron chi connectivity index (χ1n) is 7.80. The van der Waals surface area contributed by atoms with Crippen molar-refractivity contribution >= 4 is 17.6 Å². The van der Waals surface area contributed by atoms with Crippen molar-refractivity contribution in [3.63, 3.8) is 0 Å². The molecule has 0 spiro atoms. The lowest BCUT2D eigenvalue weighted by Gasteiger charge is -2.33. The summed E-state index contributed by atoms with van der Waals surface area (Å²) in [5.41, 5.74) is 6.77. The molecule has 1 saturated heterocycles. The molecule has 118 valence electrons. The standard InChI is InChI=1S/C16H21N3O3/c17-11-5-6-12(18-9-11)8-15(20)19-13-4-2-1-3-10(13)7-14(19)16(21)22/h5-6,9-10,13-14H,1-4,7-8,17H2,(H,21,22). The molecule has 6 nitrogen and oxygen atoms in total. The molecule has 0 bridgehead atoms. The molecule has 3 atom stereocenters. The predicted octanol–water partition coefficient (Wildman–Crippen LogP) is 1.45. The number of rotatable bonds is 3. The van der Waals surface area contributed by atoms with Crippen LogP contribution in [0.2, 0.25) is 0 Å². The summed E-state index contributed by atoms with van der Waals surface area (Å²) in [7, 11) is 0. The van der Waals surface area contributed by atoms with E-state index in [-0.39, 0.29) is 18.4 Å². The fourth-order valence-corrected chi connectivity index (χ4v) is 3.83. The van der Waals surface area contributed by atoms with Crippen LogP contribution in [0.3, 0.4) is 0 Å². The monoisotopic (exact) mass is 303 g/mol. The zero-order valence-corrected chi connectivity index (χ0v) is 12.4. The lowest BCUT2D eigenvalue weighted by Crippen LogP contribution is -2.46. The Bertz CT molecular complexity index is 573. The van der Waals surface area contributed by atoms with E-state index >= 15 is 0 Å². The molecule has 1 aliphatic heterocycles. The fraction of sp³-hybridized carbons (Fsp3) is 0.562. The van der Waals surface area contributed by atoms with Crippen LogP contribution in [0.1, 0.15) is 37.8 Å². The van der Waals surface area contributed by atoms with Crippen molar-refractivity contribution in [3.05, 3.63) is 24.0 Å². The summed E-state index contributed by atoms with van der Waals surface area (Å²) >= 11 is 0. The molecule has 1 aromatic heterocycles. The number of hydrogen-bond donors (Lipinski definition) is 2. The molecule has 1 aromatic rings. The van der Waals surface area contributed by atoms with Crippen LogP contribution in [0.5, 0.6) is 0 Å². The van der Waals surface area contributed by atoms with Crippen LogP contribution in [-0.2, 0) is 16.0 Å². The molecule has 3 rings (SSSR count). The Morgan fingerprint density at radius 1 is 1.32 bits per heavy atom. The molecule has 6 heteroatoms. The number of hydrogen-bond acceptors (Lipinski definition) is 4. The summed E-state index contributed by atoms with van der Waals surface area (Å²) in [5.74, 6) is -0.703. The number of nitrogen functional groups attached to an aromatic ring is 1. The minimum absolute atomic E-state index is 0.0798. The highest BCUT2D eigenvalue weighted by Crippen LogP contribution is 2.40. The van der Waals surface area contributed by atoms with Crippen molar-refractivity contribution in [2.75, 3.05) is 5.73 Å². The molecule has 0 aromatic carbocycles. The van der Waals surface area contributed by atoms with Gasteiger partial charge in [0.1, 0.15) is 6.04 Å². The van der Waals surface area contributed by atoms with Gasteiger partial charge < -0.3 is 15.7 Å². The molecule has 22 heavy (non-hydrogen) atoms. The lowest BCUT2D eigenvalue weighted by atomic mass is 9.84. The number of aromatic nitrogens is 1. The molecular formula is C16H21N3O3. The highest BCUT2D eigenvalue weighted by molar-refractivity contribution is 5.86. The minimum atomic E-state index is -0.895. The number of nitrogens with two attached hydrogens (primary N) is 1. The van der Waals surface area contributed by atoms with Crippen molar-refractivity contribution in [3.8, 4) is 0 Å². The average Bonchev–Trinajstić information content (AvgIpc) is 2.89. The average molecular weight is 303 g/mol. The van der Waals surface area contributed by atoms with Crippen LogP contribution in [0.25, 0.3) is 0 Å². The number of carbonyl (C=O) groups is 2. The largest absolute Gasteiger partial charge is 0.480 e. The van der Waals surface area contributed by atoms with Gasteiger partial charge in [0.25, 0.3) is 0 Å². The minimum Gasteiger partial charge on any atom is -0.480 e. The van der Waals surface area contributed by atoms with E-state index in [4.69, 9.17) is 5.73 Å². The van der Waals surface area contributed by atoms with Crippen LogP contribution in [0, 0.1) is 5.92 Å². The molecule has 1 saturated carbocycles. The Morgan fingerprint density at radius 2 is 2.09 bits per heavy atom. The van der Waals surface area contributed by atoms with Crippen LogP contribution in [0.4, 0.5) is 5.69 Å². The Balaban J connectivity index is 1.78. The van der Waals surface area contributed by atoms with Crippen molar-refractivity contribution in [2.45, 2.75) is 50.6 Å². The highest BCUT2D eigenvalue weighted by Gasteiger charge is 2.47. The quantitative estimate of drug-likeness (QED) is 0.881. The van der Waals surface area contributed by atoms with Gasteiger partial charge in [0.15, 0.2) is 0 Å². The summed E-state index contributed by atoms with van der Waals surface area (Å²) in [6, 6.07) is 2.82. The Hall–Kier alpha value is -2.11. The Labute approximate surface area is 129 Å². The molecule has 1 aliphatic carbocycles. The van der Waals surface area contributed by atoms with Gasteiger partial charge in [-0.05, 0) is 37.3 Å². The van der Waals surface area contributed by atoms with Crippen molar-refractivity contribution < 1.29 is 14.7 Å². The maximum absolute atomic E-state index is 12.7. The van der Waals surface area contributed by atoms with Crippen LogP contribution in [0.15, 0.2) is 18.3 Å². The van der Waals surface area contributed by atoms with E-state index in [0.29, 0.717) is 23.7 Å². The molecule has 0 radical (unpaired) electrons. The summed E-state index contributed by atoms with van der Waals surface area (Å²) in [4.78, 5) is 30.0. The number of anilines is 1. The first-order chi connectivity index (χ1) is 10.6. The topological polar surface area (TPSA) is 96.5 Å². The number of fused-ring (bicyclic) bond motifs is 1. The Morgan fingerprint density at radius 3 is 2.77 bits per heavy atom. The molecule has 3 N–H and O–H groups in total. The third-order valence-electron chi connectivity index (χ3n) is 4.84. The summed E-state index contributed by atoms with van der Waals surface area (Å²) in [5, 5.41) is 9.46. The first-order valence-corrected chi connectivity index (χ1v) is 7.80. The SMILES string of the molecule is Nc1ccc(CC(=O)N2C(C(=O)O)CC3CCCCC32)nc1. The van der Waals surface area contributed by atoms with E-state index in [1.165, 1.54) is 6.20 Å². The van der Waals surface area contributed by atoms with Crippen LogP contribution >= 0.6 is 0 Å². The van der Waals surface area contributed by atoms with Gasteiger partial charge in [0, 0.05) is 11.7 Å². The van der Waals surface area contributed by atoms with Gasteiger partial charge >= 0.3 is 5.97 Å². The fourth-order valence-electron chi connectivity index (χ4n) is 3.83. The summed E-state index contributed by atoms with van der Waals surface area (Å²) in [6.45, 7) is 0. The van der Waals surface area contributed by atoms with Gasteiger partial charge in [-0.25, -0.2) is 4.79 Å². The predicted molar refractivity (Wildman–Crippen MR) is 81.0 cm³/mol. The molecule has 2 aliphatic rings. The number of aliphatic carboxylic acids is 1. The van der Waals surface area contributed by atoms with Crippen LogP contribution in [-0.4, -0.2) is 39.0 Å². The number of nitrogens with zero attached hydrogens (tertiary/aromatic N) is 2. The van der Waals surface area contributed by atoms with Crippen molar-refractivity contribution in [2.24, 2.45) is 5.92 Å². The zero-order chi connectivity index (χ0) is 15.7. The number of likely N-dealkylation sites (tertiary alicyclic amines) is 1. The molecule has 2 fully saturated rings. The third-order valence-corrected chi connectivity index (χ3v) is 4.84. The van der Waals surface area contributed by atoms with Gasteiger partial charge in [0.05, 0.1) is 18.3 Å². The normalized spacial score (nSPS) is 27.5. The van der Waals surface area contributed by atoms with Gasteiger partial charge in [-0.3, -0.25) is 9.78 Å². The van der Waals surface area contributed by atoms with E-state index in [1.807, 2.05) is 0 Å². The third kappa shape index (κ3) is 2.77. The molecule has 3 unspecified atom stereocenters. The van der Waals surface area contributed by atoms with Gasteiger partial charge in [-0.1, -0.05) is 12.8 Å². The second-order valence-electron chi connectivity index (χ2n) is 6.26. The maximum Gasteiger partial charge on any atom is 0.326 e. The number of pyridine rings is 1. The summed E-state index contributed by atoms with van der Waals surface area (Å²) < 4.78 is 0. The van der Waals surface area contributed by atoms with E-state index in [1.54, 1.807) is 17.0 Å². The van der Waals surface area contributed by atoms with Crippen molar-refractivity contribution in [1.82, 2.24) is 9.88 Å². The summed E-state index contributed by atoms with van der Waals surface area (Å²) in [6.07, 6.45) is 6.37.